The van der Waals surface area contributed by atoms with Crippen LogP contribution in [0.4, 0.5) is 0 Å². The van der Waals surface area contributed by atoms with Crippen LogP contribution in [0.3, 0.4) is 0 Å². The quantitative estimate of drug-likeness (QED) is 0.916. The number of piperidine rings is 1. The molecule has 1 aliphatic heterocycles. The van der Waals surface area contributed by atoms with Crippen LogP contribution >= 0.6 is 0 Å². The summed E-state index contributed by atoms with van der Waals surface area (Å²) in [7, 11) is 0. The third kappa shape index (κ3) is 2.83. The number of rotatable bonds is 3. The van der Waals surface area contributed by atoms with Crippen molar-refractivity contribution < 1.29 is 4.79 Å². The fourth-order valence-electron chi connectivity index (χ4n) is 2.84. The molecular formula is C16H21N3O. The molecule has 4 nitrogen and oxygen atoms in total. The largest absolute Gasteiger partial charge is 0.334 e. The predicted molar refractivity (Wildman–Crippen MR) is 77.7 cm³/mol. The molecule has 1 aliphatic rings. The maximum absolute atomic E-state index is 12.2. The minimum atomic E-state index is -0.186. The van der Waals surface area contributed by atoms with Gasteiger partial charge >= 0.3 is 0 Å². The number of benzene rings is 1. The Labute approximate surface area is 120 Å². The van der Waals surface area contributed by atoms with Crippen molar-refractivity contribution in [2.45, 2.75) is 38.8 Å². The fraction of sp³-hybridized carbons (Fsp3) is 0.500. The van der Waals surface area contributed by atoms with E-state index in [2.05, 4.69) is 19.9 Å². The van der Waals surface area contributed by atoms with Crippen LogP contribution in [0.15, 0.2) is 24.3 Å². The molecule has 0 bridgehead atoms. The van der Waals surface area contributed by atoms with Gasteiger partial charge in [0, 0.05) is 19.0 Å². The van der Waals surface area contributed by atoms with Gasteiger partial charge in [-0.15, -0.1) is 0 Å². The summed E-state index contributed by atoms with van der Waals surface area (Å²) >= 11 is 0. The van der Waals surface area contributed by atoms with Crippen molar-refractivity contribution in [3.63, 3.8) is 0 Å². The molecule has 0 aliphatic carbocycles. The van der Waals surface area contributed by atoms with E-state index in [0.717, 1.165) is 5.56 Å². The van der Waals surface area contributed by atoms with E-state index < -0.39 is 0 Å². The molecule has 2 rings (SSSR count). The Hall–Kier alpha value is -1.86. The van der Waals surface area contributed by atoms with Gasteiger partial charge in [-0.1, -0.05) is 32.0 Å². The number of nitriles is 1. The molecule has 2 unspecified atom stereocenters. The third-order valence-electron chi connectivity index (χ3n) is 3.71. The molecule has 1 heterocycles. The zero-order chi connectivity index (χ0) is 14.7. The van der Waals surface area contributed by atoms with Crippen molar-refractivity contribution in [3.8, 4) is 6.07 Å². The predicted octanol–water partition coefficient (Wildman–Crippen LogP) is 2.21. The molecule has 20 heavy (non-hydrogen) atoms. The van der Waals surface area contributed by atoms with Gasteiger partial charge in [-0.25, -0.2) is 0 Å². The topological polar surface area (TPSA) is 70.1 Å². The molecule has 0 spiro atoms. The van der Waals surface area contributed by atoms with Gasteiger partial charge in [-0.05, 0) is 24.0 Å². The highest BCUT2D eigenvalue weighted by atomic mass is 16.2. The van der Waals surface area contributed by atoms with Gasteiger partial charge in [0.15, 0.2) is 0 Å². The number of nitrogens with zero attached hydrogens (tertiary/aromatic N) is 2. The molecule has 4 heteroatoms. The summed E-state index contributed by atoms with van der Waals surface area (Å²) in [5.74, 6) is 0.513. The Kier molecular flexibility index (Phi) is 4.41. The Bertz CT molecular complexity index is 533. The summed E-state index contributed by atoms with van der Waals surface area (Å²) in [4.78, 5) is 14.1. The van der Waals surface area contributed by atoms with E-state index in [9.17, 15) is 10.1 Å². The maximum Gasteiger partial charge on any atom is 0.223 e. The van der Waals surface area contributed by atoms with Crippen molar-refractivity contribution in [2.24, 2.45) is 11.7 Å². The lowest BCUT2D eigenvalue weighted by molar-refractivity contribution is -0.138. The van der Waals surface area contributed by atoms with Gasteiger partial charge in [0.05, 0.1) is 17.7 Å². The second-order valence-electron chi connectivity index (χ2n) is 5.79. The van der Waals surface area contributed by atoms with Crippen molar-refractivity contribution in [1.29, 1.82) is 5.26 Å². The number of amides is 1. The first-order chi connectivity index (χ1) is 9.54. The molecule has 2 N–H and O–H groups in total. The molecule has 1 aromatic rings. The number of hydrogen-bond acceptors (Lipinski definition) is 3. The van der Waals surface area contributed by atoms with E-state index in [1.807, 2.05) is 23.1 Å². The van der Waals surface area contributed by atoms with Gasteiger partial charge < -0.3 is 10.6 Å². The Morgan fingerprint density at radius 2 is 2.15 bits per heavy atom. The van der Waals surface area contributed by atoms with Crippen LogP contribution in [0.5, 0.6) is 0 Å². The first-order valence-corrected chi connectivity index (χ1v) is 7.08. The second kappa shape index (κ2) is 6.06. The van der Waals surface area contributed by atoms with Crippen LogP contribution in [0, 0.1) is 17.2 Å². The lowest BCUT2D eigenvalue weighted by Crippen LogP contribution is -2.50. The Balaban J connectivity index is 2.42. The van der Waals surface area contributed by atoms with Gasteiger partial charge in [-0.3, -0.25) is 4.79 Å². The summed E-state index contributed by atoms with van der Waals surface area (Å²) in [6, 6.07) is 9.35. The summed E-state index contributed by atoms with van der Waals surface area (Å²) < 4.78 is 0. The zero-order valence-corrected chi connectivity index (χ0v) is 12.0. The molecule has 2 atom stereocenters. The van der Waals surface area contributed by atoms with Crippen molar-refractivity contribution in [1.82, 2.24) is 4.90 Å². The fourth-order valence-corrected chi connectivity index (χ4v) is 2.84. The highest BCUT2D eigenvalue weighted by Crippen LogP contribution is 2.33. The van der Waals surface area contributed by atoms with Gasteiger partial charge in [0.1, 0.15) is 0 Å². The van der Waals surface area contributed by atoms with E-state index in [1.54, 1.807) is 6.07 Å². The molecule has 0 aromatic heterocycles. The highest BCUT2D eigenvalue weighted by molar-refractivity contribution is 5.78. The molecule has 0 radical (unpaired) electrons. The monoisotopic (exact) mass is 271 g/mol. The number of carbonyl (C=O) groups excluding carboxylic acids is 1. The molecule has 1 aromatic carbocycles. The zero-order valence-electron chi connectivity index (χ0n) is 12.0. The highest BCUT2D eigenvalue weighted by Gasteiger charge is 2.36. The first kappa shape index (κ1) is 14.5. The van der Waals surface area contributed by atoms with E-state index in [-0.39, 0.29) is 18.0 Å². The van der Waals surface area contributed by atoms with Gasteiger partial charge in [-0.2, -0.15) is 5.26 Å². The number of carbonyl (C=O) groups is 1. The van der Waals surface area contributed by atoms with Crippen molar-refractivity contribution >= 4 is 5.91 Å². The van der Waals surface area contributed by atoms with E-state index >= 15 is 0 Å². The maximum atomic E-state index is 12.2. The van der Waals surface area contributed by atoms with Gasteiger partial charge in [0.25, 0.3) is 0 Å². The molecule has 106 valence electrons. The average molecular weight is 271 g/mol. The van der Waals surface area contributed by atoms with E-state index in [4.69, 9.17) is 5.73 Å². The SMILES string of the molecule is CC(C)CN1C(=O)CCC(N)C1c1ccccc1C#N. The summed E-state index contributed by atoms with van der Waals surface area (Å²) in [5, 5.41) is 9.28. The third-order valence-corrected chi connectivity index (χ3v) is 3.71. The molecule has 1 amide bonds. The lowest BCUT2D eigenvalue weighted by atomic mass is 9.87. The molecule has 0 saturated carbocycles. The minimum absolute atomic E-state index is 0.110. The van der Waals surface area contributed by atoms with Crippen molar-refractivity contribution in [3.05, 3.63) is 35.4 Å². The second-order valence-corrected chi connectivity index (χ2v) is 5.79. The number of nitrogens with two attached hydrogens (primary N) is 1. The minimum Gasteiger partial charge on any atom is -0.334 e. The normalized spacial score (nSPS) is 22.9. The van der Waals surface area contributed by atoms with Crippen LogP contribution in [0.25, 0.3) is 0 Å². The van der Waals surface area contributed by atoms with Crippen LogP contribution < -0.4 is 5.73 Å². The average Bonchev–Trinajstić information content (AvgIpc) is 2.43. The van der Waals surface area contributed by atoms with Gasteiger partial charge in [0.2, 0.25) is 5.91 Å². The standard InChI is InChI=1S/C16H21N3O/c1-11(2)10-19-15(20)8-7-14(18)16(19)13-6-4-3-5-12(13)9-17/h3-6,11,14,16H,7-8,10,18H2,1-2H3. The van der Waals surface area contributed by atoms with Crippen LogP contribution in [-0.4, -0.2) is 23.4 Å². The van der Waals surface area contributed by atoms with Crippen LogP contribution in [0.2, 0.25) is 0 Å². The van der Waals surface area contributed by atoms with Crippen LogP contribution in [0.1, 0.15) is 43.9 Å². The molecule has 1 fully saturated rings. The van der Waals surface area contributed by atoms with E-state index in [1.165, 1.54) is 0 Å². The number of hydrogen-bond donors (Lipinski definition) is 1. The summed E-state index contributed by atoms with van der Waals surface area (Å²) in [5.41, 5.74) is 7.74. The first-order valence-electron chi connectivity index (χ1n) is 7.08. The smallest absolute Gasteiger partial charge is 0.223 e. The Morgan fingerprint density at radius 1 is 1.45 bits per heavy atom. The summed E-state index contributed by atoms with van der Waals surface area (Å²) in [6.07, 6.45) is 1.18. The van der Waals surface area contributed by atoms with Crippen molar-refractivity contribution in [2.75, 3.05) is 6.54 Å². The van der Waals surface area contributed by atoms with Crippen LogP contribution in [-0.2, 0) is 4.79 Å². The lowest BCUT2D eigenvalue weighted by Gasteiger charge is -2.41. The summed E-state index contributed by atoms with van der Waals surface area (Å²) in [6.45, 7) is 4.85. The number of likely N-dealkylation sites (tertiary alicyclic amines) is 1. The molecular weight excluding hydrogens is 250 g/mol. The Morgan fingerprint density at radius 3 is 2.80 bits per heavy atom. The van der Waals surface area contributed by atoms with E-state index in [0.29, 0.717) is 30.9 Å². The molecule has 1 saturated heterocycles.